The zero-order valence-electron chi connectivity index (χ0n) is 7.19. The van der Waals surface area contributed by atoms with Gasteiger partial charge in [0.1, 0.15) is 6.10 Å². The van der Waals surface area contributed by atoms with Gasteiger partial charge in [0.25, 0.3) is 5.69 Å². The molecule has 1 fully saturated rings. The molecule has 0 aliphatic carbocycles. The lowest BCUT2D eigenvalue weighted by Gasteiger charge is -2.01. The van der Waals surface area contributed by atoms with Crippen LogP contribution in [-0.4, -0.2) is 11.5 Å². The van der Waals surface area contributed by atoms with Crippen molar-refractivity contribution in [2.24, 2.45) is 0 Å². The second-order valence-electron chi connectivity index (χ2n) is 3.09. The van der Waals surface area contributed by atoms with Crippen molar-refractivity contribution in [3.8, 4) is 0 Å². The molecule has 1 aliphatic heterocycles. The number of para-hydroxylation sites is 1. The Balaban J connectivity index is 2.53. The Morgan fingerprint density at radius 1 is 1.62 bits per heavy atom. The first-order valence-electron chi connectivity index (χ1n) is 4.05. The molecule has 1 saturated heterocycles. The van der Waals surface area contributed by atoms with Crippen LogP contribution in [0.15, 0.2) is 18.2 Å². The smallest absolute Gasteiger partial charge is 0.278 e. The summed E-state index contributed by atoms with van der Waals surface area (Å²) in [7, 11) is 0. The molecule has 0 saturated carbocycles. The molecule has 0 bridgehead atoms. The third kappa shape index (κ3) is 1.40. The summed E-state index contributed by atoms with van der Waals surface area (Å²) in [5.74, 6) is 0. The van der Waals surface area contributed by atoms with E-state index in [1.54, 1.807) is 19.1 Å². The third-order valence-electron chi connectivity index (χ3n) is 2.13. The van der Waals surface area contributed by atoms with Crippen molar-refractivity contribution in [2.75, 3.05) is 6.61 Å². The third-order valence-corrected chi connectivity index (χ3v) is 2.13. The van der Waals surface area contributed by atoms with Crippen molar-refractivity contribution in [3.05, 3.63) is 39.4 Å². The lowest BCUT2D eigenvalue weighted by Crippen LogP contribution is -1.96. The number of nitro benzene ring substituents is 1. The molecule has 2 rings (SSSR count). The zero-order valence-corrected chi connectivity index (χ0v) is 7.19. The monoisotopic (exact) mass is 179 g/mol. The lowest BCUT2D eigenvalue weighted by molar-refractivity contribution is -0.386. The number of rotatable bonds is 2. The predicted octanol–water partition coefficient (Wildman–Crippen LogP) is 1.97. The summed E-state index contributed by atoms with van der Waals surface area (Å²) in [4.78, 5) is 10.4. The van der Waals surface area contributed by atoms with Gasteiger partial charge in [-0.2, -0.15) is 0 Å². The normalized spacial score (nSPS) is 19.9. The van der Waals surface area contributed by atoms with Crippen molar-refractivity contribution in [1.82, 2.24) is 0 Å². The van der Waals surface area contributed by atoms with E-state index in [0.29, 0.717) is 17.7 Å². The molecule has 0 radical (unpaired) electrons. The van der Waals surface area contributed by atoms with Crippen molar-refractivity contribution in [3.63, 3.8) is 0 Å². The standard InChI is InChI=1S/C9H9NO3/c1-6-3-2-4-7(8-5-13-8)9(6)10(11)12/h2-4,8H,5H2,1H3/t8-/m0/s1. The molecule has 0 amide bonds. The molecule has 0 aromatic heterocycles. The van der Waals surface area contributed by atoms with Gasteiger partial charge in [0.2, 0.25) is 0 Å². The first-order valence-corrected chi connectivity index (χ1v) is 4.05. The molecule has 1 aromatic rings. The van der Waals surface area contributed by atoms with Gasteiger partial charge in [0.05, 0.1) is 17.1 Å². The highest BCUT2D eigenvalue weighted by atomic mass is 16.6. The summed E-state index contributed by atoms with van der Waals surface area (Å²) in [6.45, 7) is 2.34. The van der Waals surface area contributed by atoms with Gasteiger partial charge < -0.3 is 4.74 Å². The molecule has 0 N–H and O–H groups in total. The molecule has 1 heterocycles. The Labute approximate surface area is 75.3 Å². The van der Waals surface area contributed by atoms with Gasteiger partial charge in [-0.15, -0.1) is 0 Å². The molecule has 0 spiro atoms. The number of aryl methyl sites for hydroxylation is 1. The molecule has 13 heavy (non-hydrogen) atoms. The molecular weight excluding hydrogens is 170 g/mol. The minimum Gasteiger partial charge on any atom is -0.368 e. The number of hydrogen-bond acceptors (Lipinski definition) is 3. The molecule has 4 heteroatoms. The first-order chi connectivity index (χ1) is 6.20. The Bertz CT molecular complexity index is 358. The average molecular weight is 179 g/mol. The SMILES string of the molecule is Cc1cccc([C@@H]2CO2)c1[N+](=O)[O-]. The topological polar surface area (TPSA) is 55.7 Å². The molecule has 1 atom stereocenters. The van der Waals surface area contributed by atoms with E-state index in [1.165, 1.54) is 0 Å². The summed E-state index contributed by atoms with van der Waals surface area (Å²) < 4.78 is 5.04. The van der Waals surface area contributed by atoms with E-state index in [2.05, 4.69) is 0 Å². The molecule has 68 valence electrons. The van der Waals surface area contributed by atoms with E-state index >= 15 is 0 Å². The Hall–Kier alpha value is -1.42. The minimum absolute atomic E-state index is 0.0553. The second-order valence-corrected chi connectivity index (χ2v) is 3.09. The number of nitro groups is 1. The highest BCUT2D eigenvalue weighted by molar-refractivity contribution is 5.49. The molecule has 4 nitrogen and oxygen atoms in total. The summed E-state index contributed by atoms with van der Waals surface area (Å²) in [6, 6.07) is 5.31. The fourth-order valence-electron chi connectivity index (χ4n) is 1.42. The highest BCUT2D eigenvalue weighted by Crippen LogP contribution is 2.37. The van der Waals surface area contributed by atoms with Crippen LogP contribution in [0.1, 0.15) is 17.2 Å². The predicted molar refractivity (Wildman–Crippen MR) is 46.5 cm³/mol. The van der Waals surface area contributed by atoms with Gasteiger partial charge in [0, 0.05) is 5.56 Å². The number of nitrogens with zero attached hydrogens (tertiary/aromatic N) is 1. The van der Waals surface area contributed by atoms with Crippen LogP contribution in [0.2, 0.25) is 0 Å². The van der Waals surface area contributed by atoms with Crippen LogP contribution in [0.25, 0.3) is 0 Å². The quantitative estimate of drug-likeness (QED) is 0.396. The van der Waals surface area contributed by atoms with Gasteiger partial charge in [-0.05, 0) is 13.0 Å². The van der Waals surface area contributed by atoms with E-state index in [9.17, 15) is 10.1 Å². The Morgan fingerprint density at radius 2 is 2.31 bits per heavy atom. The van der Waals surface area contributed by atoms with E-state index in [4.69, 9.17) is 4.74 Å². The number of hydrogen-bond donors (Lipinski definition) is 0. The van der Waals surface area contributed by atoms with Crippen molar-refractivity contribution in [2.45, 2.75) is 13.0 Å². The van der Waals surface area contributed by atoms with Crippen LogP contribution < -0.4 is 0 Å². The first kappa shape index (κ1) is 8.19. The zero-order chi connectivity index (χ0) is 9.42. The molecule has 0 unspecified atom stereocenters. The van der Waals surface area contributed by atoms with E-state index in [1.807, 2.05) is 6.07 Å². The lowest BCUT2D eigenvalue weighted by atomic mass is 10.1. The van der Waals surface area contributed by atoms with Gasteiger partial charge in [0.15, 0.2) is 0 Å². The van der Waals surface area contributed by atoms with Crippen molar-refractivity contribution < 1.29 is 9.66 Å². The fourth-order valence-corrected chi connectivity index (χ4v) is 1.42. The van der Waals surface area contributed by atoms with Crippen LogP contribution in [0.3, 0.4) is 0 Å². The second kappa shape index (κ2) is 2.81. The van der Waals surface area contributed by atoms with Crippen LogP contribution >= 0.6 is 0 Å². The van der Waals surface area contributed by atoms with Crippen LogP contribution in [0.5, 0.6) is 0 Å². The molecular formula is C9H9NO3. The number of ether oxygens (including phenoxy) is 1. The maximum absolute atomic E-state index is 10.7. The number of epoxide rings is 1. The van der Waals surface area contributed by atoms with Crippen LogP contribution in [0, 0.1) is 17.0 Å². The van der Waals surface area contributed by atoms with E-state index in [0.717, 1.165) is 0 Å². The van der Waals surface area contributed by atoms with Gasteiger partial charge in [-0.25, -0.2) is 0 Å². The van der Waals surface area contributed by atoms with Gasteiger partial charge >= 0.3 is 0 Å². The largest absolute Gasteiger partial charge is 0.368 e. The van der Waals surface area contributed by atoms with Crippen molar-refractivity contribution in [1.29, 1.82) is 0 Å². The Morgan fingerprint density at radius 3 is 2.85 bits per heavy atom. The maximum atomic E-state index is 10.7. The summed E-state index contributed by atoms with van der Waals surface area (Å²) >= 11 is 0. The average Bonchev–Trinajstić information content (AvgIpc) is 2.85. The summed E-state index contributed by atoms with van der Waals surface area (Å²) in [6.07, 6.45) is -0.0553. The molecule has 1 aliphatic rings. The number of benzene rings is 1. The highest BCUT2D eigenvalue weighted by Gasteiger charge is 2.32. The van der Waals surface area contributed by atoms with Gasteiger partial charge in [-0.1, -0.05) is 12.1 Å². The minimum atomic E-state index is -0.341. The van der Waals surface area contributed by atoms with Crippen molar-refractivity contribution >= 4 is 5.69 Å². The van der Waals surface area contributed by atoms with E-state index in [-0.39, 0.29) is 16.7 Å². The Kier molecular flexibility index (Phi) is 1.77. The summed E-state index contributed by atoms with van der Waals surface area (Å²) in [5, 5.41) is 10.7. The maximum Gasteiger partial charge on any atom is 0.278 e. The fraction of sp³-hybridized carbons (Fsp3) is 0.333. The van der Waals surface area contributed by atoms with Gasteiger partial charge in [-0.3, -0.25) is 10.1 Å². The molecule has 1 aromatic carbocycles. The van der Waals surface area contributed by atoms with E-state index < -0.39 is 0 Å². The van der Waals surface area contributed by atoms with Crippen LogP contribution in [0.4, 0.5) is 5.69 Å². The summed E-state index contributed by atoms with van der Waals surface area (Å²) in [5.41, 5.74) is 1.59. The van der Waals surface area contributed by atoms with Crippen LogP contribution in [-0.2, 0) is 4.74 Å².